The molecule has 0 bridgehead atoms. The highest BCUT2D eigenvalue weighted by molar-refractivity contribution is 5.39. The molecule has 0 aliphatic carbocycles. The molecule has 0 fully saturated rings. The first-order chi connectivity index (χ1) is 5.27. The van der Waals surface area contributed by atoms with Crippen molar-refractivity contribution in [1.29, 1.82) is 5.26 Å². The first kappa shape index (κ1) is 7.77. The average Bonchev–Trinajstić information content (AvgIpc) is 2.04. The summed E-state index contributed by atoms with van der Waals surface area (Å²) in [4.78, 5) is 0. The van der Waals surface area contributed by atoms with Crippen molar-refractivity contribution in [3.63, 3.8) is 0 Å². The van der Waals surface area contributed by atoms with Crippen LogP contribution in [0.25, 0.3) is 0 Å². The molecule has 0 aliphatic rings. The van der Waals surface area contributed by atoms with Gasteiger partial charge in [0.25, 0.3) is 0 Å². The molecule has 1 rings (SSSR count). The third-order valence-corrected chi connectivity index (χ3v) is 1.65. The van der Waals surface area contributed by atoms with E-state index in [9.17, 15) is 0 Å². The highest BCUT2D eigenvalue weighted by Crippen LogP contribution is 2.08. The molecule has 0 unspecified atom stereocenters. The van der Waals surface area contributed by atoms with Crippen LogP contribution in [0.15, 0.2) is 18.2 Å². The summed E-state index contributed by atoms with van der Waals surface area (Å²) in [5, 5.41) is 8.60. The van der Waals surface area contributed by atoms with Gasteiger partial charge in [-0.25, -0.2) is 0 Å². The molecular weight excluding hydrogens is 136 g/mol. The van der Waals surface area contributed by atoms with Gasteiger partial charge in [0.05, 0.1) is 11.6 Å². The number of hydrogen-bond acceptors (Lipinski definition) is 2. The molecule has 0 amide bonds. The van der Waals surface area contributed by atoms with Crippen molar-refractivity contribution in [3.05, 3.63) is 34.9 Å². The molecule has 0 heterocycles. The summed E-state index contributed by atoms with van der Waals surface area (Å²) < 4.78 is 0. The van der Waals surface area contributed by atoms with Crippen molar-refractivity contribution >= 4 is 0 Å². The van der Waals surface area contributed by atoms with E-state index in [-0.39, 0.29) is 0 Å². The van der Waals surface area contributed by atoms with E-state index in [0.29, 0.717) is 6.54 Å². The van der Waals surface area contributed by atoms with Crippen LogP contribution in [0, 0.1) is 18.3 Å². The zero-order chi connectivity index (χ0) is 8.27. The van der Waals surface area contributed by atoms with Crippen LogP contribution in [-0.4, -0.2) is 0 Å². The van der Waals surface area contributed by atoms with Gasteiger partial charge in [-0.05, 0) is 24.1 Å². The number of nitriles is 1. The topological polar surface area (TPSA) is 49.8 Å². The Bertz CT molecular complexity index is 297. The Morgan fingerprint density at radius 3 is 2.73 bits per heavy atom. The van der Waals surface area contributed by atoms with E-state index in [1.807, 2.05) is 19.1 Å². The molecule has 0 aromatic heterocycles. The standard InChI is InChI=1S/C9H10N2/c1-7-4-8(5-10)2-3-9(7)6-11/h2-4H,5,10H2,1H3. The van der Waals surface area contributed by atoms with E-state index in [0.717, 1.165) is 16.7 Å². The lowest BCUT2D eigenvalue weighted by atomic mass is 10.1. The van der Waals surface area contributed by atoms with Gasteiger partial charge in [-0.15, -0.1) is 0 Å². The lowest BCUT2D eigenvalue weighted by Gasteiger charge is -1.99. The zero-order valence-electron chi connectivity index (χ0n) is 6.46. The number of rotatable bonds is 1. The summed E-state index contributed by atoms with van der Waals surface area (Å²) in [6, 6.07) is 7.73. The van der Waals surface area contributed by atoms with Crippen molar-refractivity contribution in [2.75, 3.05) is 0 Å². The maximum atomic E-state index is 8.60. The average molecular weight is 146 g/mol. The number of benzene rings is 1. The van der Waals surface area contributed by atoms with Crippen LogP contribution in [-0.2, 0) is 6.54 Å². The van der Waals surface area contributed by atoms with Crippen LogP contribution < -0.4 is 5.73 Å². The van der Waals surface area contributed by atoms with Crippen molar-refractivity contribution in [2.24, 2.45) is 5.73 Å². The lowest BCUT2D eigenvalue weighted by molar-refractivity contribution is 1.06. The Labute approximate surface area is 66.3 Å². The number of nitrogens with zero attached hydrogens (tertiary/aromatic N) is 1. The molecule has 0 saturated carbocycles. The number of nitrogens with two attached hydrogens (primary N) is 1. The van der Waals surface area contributed by atoms with Crippen LogP contribution in [0.1, 0.15) is 16.7 Å². The molecule has 1 aromatic rings. The highest BCUT2D eigenvalue weighted by atomic mass is 14.5. The minimum Gasteiger partial charge on any atom is -0.326 e. The summed E-state index contributed by atoms with van der Waals surface area (Å²) >= 11 is 0. The van der Waals surface area contributed by atoms with Crippen molar-refractivity contribution in [2.45, 2.75) is 13.5 Å². The second-order valence-electron chi connectivity index (χ2n) is 2.47. The molecule has 1 aromatic carbocycles. The molecule has 0 radical (unpaired) electrons. The fourth-order valence-electron chi connectivity index (χ4n) is 0.978. The predicted molar refractivity (Wildman–Crippen MR) is 43.8 cm³/mol. The molecule has 11 heavy (non-hydrogen) atoms. The smallest absolute Gasteiger partial charge is 0.0994 e. The zero-order valence-corrected chi connectivity index (χ0v) is 6.46. The van der Waals surface area contributed by atoms with E-state index in [1.165, 1.54) is 0 Å². The molecular formula is C9H10N2. The van der Waals surface area contributed by atoms with Crippen LogP contribution in [0.4, 0.5) is 0 Å². The van der Waals surface area contributed by atoms with Crippen molar-refractivity contribution in [1.82, 2.24) is 0 Å². The maximum Gasteiger partial charge on any atom is 0.0994 e. The molecule has 0 spiro atoms. The van der Waals surface area contributed by atoms with Crippen LogP contribution >= 0.6 is 0 Å². The normalized spacial score (nSPS) is 9.18. The van der Waals surface area contributed by atoms with E-state index in [2.05, 4.69) is 6.07 Å². The van der Waals surface area contributed by atoms with Gasteiger partial charge in [-0.1, -0.05) is 12.1 Å². The molecule has 0 saturated heterocycles. The molecule has 2 heteroatoms. The lowest BCUT2D eigenvalue weighted by Crippen LogP contribution is -1.96. The summed E-state index contributed by atoms with van der Waals surface area (Å²) in [6.45, 7) is 2.45. The summed E-state index contributed by atoms with van der Waals surface area (Å²) in [5.74, 6) is 0. The van der Waals surface area contributed by atoms with Gasteiger partial charge < -0.3 is 5.73 Å². The highest BCUT2D eigenvalue weighted by Gasteiger charge is 1.96. The van der Waals surface area contributed by atoms with Crippen molar-refractivity contribution in [3.8, 4) is 6.07 Å². The van der Waals surface area contributed by atoms with Gasteiger partial charge in [0.1, 0.15) is 0 Å². The van der Waals surface area contributed by atoms with Crippen LogP contribution in [0.2, 0.25) is 0 Å². The molecule has 2 N–H and O–H groups in total. The van der Waals surface area contributed by atoms with E-state index in [4.69, 9.17) is 11.0 Å². The monoisotopic (exact) mass is 146 g/mol. The van der Waals surface area contributed by atoms with Gasteiger partial charge in [0.2, 0.25) is 0 Å². The SMILES string of the molecule is Cc1cc(CN)ccc1C#N. The van der Waals surface area contributed by atoms with Crippen molar-refractivity contribution < 1.29 is 0 Å². The van der Waals surface area contributed by atoms with Gasteiger partial charge in [0, 0.05) is 6.54 Å². The van der Waals surface area contributed by atoms with Crippen LogP contribution in [0.3, 0.4) is 0 Å². The molecule has 0 aliphatic heterocycles. The first-order valence-corrected chi connectivity index (χ1v) is 3.47. The minimum atomic E-state index is 0.534. The fraction of sp³-hybridized carbons (Fsp3) is 0.222. The van der Waals surface area contributed by atoms with Gasteiger partial charge >= 0.3 is 0 Å². The third-order valence-electron chi connectivity index (χ3n) is 1.65. The van der Waals surface area contributed by atoms with Crippen LogP contribution in [0.5, 0.6) is 0 Å². The predicted octanol–water partition coefficient (Wildman–Crippen LogP) is 1.33. The van der Waals surface area contributed by atoms with E-state index < -0.39 is 0 Å². The Morgan fingerprint density at radius 1 is 1.55 bits per heavy atom. The summed E-state index contributed by atoms with van der Waals surface area (Å²) in [5.41, 5.74) is 8.22. The minimum absolute atomic E-state index is 0.534. The fourth-order valence-corrected chi connectivity index (χ4v) is 0.978. The molecule has 2 nitrogen and oxygen atoms in total. The largest absolute Gasteiger partial charge is 0.326 e. The Balaban J connectivity index is 3.12. The Kier molecular flexibility index (Phi) is 2.25. The van der Waals surface area contributed by atoms with Gasteiger partial charge in [0.15, 0.2) is 0 Å². The summed E-state index contributed by atoms with van der Waals surface area (Å²) in [7, 11) is 0. The first-order valence-electron chi connectivity index (χ1n) is 3.47. The Morgan fingerprint density at radius 2 is 2.27 bits per heavy atom. The quantitative estimate of drug-likeness (QED) is 0.649. The van der Waals surface area contributed by atoms with Gasteiger partial charge in [-0.2, -0.15) is 5.26 Å². The van der Waals surface area contributed by atoms with E-state index >= 15 is 0 Å². The van der Waals surface area contributed by atoms with E-state index in [1.54, 1.807) is 6.07 Å². The molecule has 56 valence electrons. The second kappa shape index (κ2) is 3.18. The summed E-state index contributed by atoms with van der Waals surface area (Å²) in [6.07, 6.45) is 0. The number of aryl methyl sites for hydroxylation is 1. The maximum absolute atomic E-state index is 8.60. The number of hydrogen-bond donors (Lipinski definition) is 1. The second-order valence-corrected chi connectivity index (χ2v) is 2.47. The Hall–Kier alpha value is -1.33. The van der Waals surface area contributed by atoms with Gasteiger partial charge in [-0.3, -0.25) is 0 Å². The molecule has 0 atom stereocenters. The third kappa shape index (κ3) is 1.57.